The Kier molecular flexibility index (Phi) is 5.42. The smallest absolute Gasteiger partial charge is 0.319 e. The van der Waals surface area contributed by atoms with Crippen molar-refractivity contribution in [3.05, 3.63) is 0 Å². The predicted octanol–water partition coefficient (Wildman–Crippen LogP) is 2.66. The Labute approximate surface area is 121 Å². The molecular formula is C15H28N2O3. The van der Waals surface area contributed by atoms with E-state index in [0.717, 1.165) is 25.7 Å². The van der Waals surface area contributed by atoms with Crippen molar-refractivity contribution in [1.29, 1.82) is 0 Å². The fourth-order valence-corrected chi connectivity index (χ4v) is 2.76. The molecule has 1 rings (SSSR count). The Balaban J connectivity index is 2.52. The lowest BCUT2D eigenvalue weighted by Gasteiger charge is -2.39. The zero-order valence-corrected chi connectivity index (χ0v) is 13.3. The highest BCUT2D eigenvalue weighted by Crippen LogP contribution is 2.36. The maximum Gasteiger partial charge on any atom is 0.319 e. The van der Waals surface area contributed by atoms with Gasteiger partial charge < -0.3 is 14.9 Å². The molecule has 0 saturated heterocycles. The van der Waals surface area contributed by atoms with Gasteiger partial charge in [-0.1, -0.05) is 20.8 Å². The number of carbonyl (C=O) groups is 2. The van der Waals surface area contributed by atoms with Crippen LogP contribution >= 0.6 is 0 Å². The first-order valence-corrected chi connectivity index (χ1v) is 7.35. The second-order valence-electron chi connectivity index (χ2n) is 6.91. The monoisotopic (exact) mass is 284 g/mol. The molecule has 1 aliphatic rings. The number of hydrogen-bond donors (Lipinski definition) is 1. The van der Waals surface area contributed by atoms with E-state index in [1.807, 2.05) is 7.05 Å². The molecule has 1 fully saturated rings. The van der Waals surface area contributed by atoms with Crippen molar-refractivity contribution in [3.63, 3.8) is 0 Å². The summed E-state index contributed by atoms with van der Waals surface area (Å²) in [6.07, 6.45) is 4.31. The van der Waals surface area contributed by atoms with Gasteiger partial charge in [-0.05, 0) is 31.1 Å². The van der Waals surface area contributed by atoms with Crippen LogP contribution in [0.3, 0.4) is 0 Å². The van der Waals surface area contributed by atoms with E-state index in [2.05, 4.69) is 13.8 Å². The maximum absolute atomic E-state index is 12.3. The number of carboxylic acid groups (broad SMARTS) is 1. The van der Waals surface area contributed by atoms with E-state index in [-0.39, 0.29) is 18.6 Å². The lowest BCUT2D eigenvalue weighted by atomic mass is 9.75. The first kappa shape index (κ1) is 16.8. The second kappa shape index (κ2) is 6.46. The summed E-state index contributed by atoms with van der Waals surface area (Å²) >= 11 is 0. The standard InChI is InChI=1S/C15H28N2O3/c1-11(13(18)19)10-16(4)14(20)17(5)12-6-8-15(2,3)9-7-12/h11-12H,6-10H2,1-5H3,(H,18,19). The number of hydrogen-bond acceptors (Lipinski definition) is 2. The van der Waals surface area contributed by atoms with Crippen molar-refractivity contribution >= 4 is 12.0 Å². The Morgan fingerprint density at radius 2 is 1.75 bits per heavy atom. The van der Waals surface area contributed by atoms with Crippen molar-refractivity contribution < 1.29 is 14.7 Å². The van der Waals surface area contributed by atoms with E-state index in [9.17, 15) is 9.59 Å². The first-order chi connectivity index (χ1) is 9.14. The summed E-state index contributed by atoms with van der Waals surface area (Å²) in [5.74, 6) is -1.41. The summed E-state index contributed by atoms with van der Waals surface area (Å²) in [4.78, 5) is 26.5. The Morgan fingerprint density at radius 1 is 1.25 bits per heavy atom. The molecular weight excluding hydrogens is 256 g/mol. The number of urea groups is 1. The molecule has 20 heavy (non-hydrogen) atoms. The fourth-order valence-electron chi connectivity index (χ4n) is 2.76. The highest BCUT2D eigenvalue weighted by atomic mass is 16.4. The SMILES string of the molecule is CC(CN(C)C(=O)N(C)C1CCC(C)(C)CC1)C(=O)O. The highest BCUT2D eigenvalue weighted by Gasteiger charge is 2.31. The van der Waals surface area contributed by atoms with E-state index in [0.29, 0.717) is 5.41 Å². The third-order valence-corrected chi connectivity index (χ3v) is 4.45. The number of aliphatic carboxylic acids is 1. The molecule has 1 aliphatic carbocycles. The van der Waals surface area contributed by atoms with Gasteiger partial charge in [0.25, 0.3) is 0 Å². The molecule has 0 spiro atoms. The van der Waals surface area contributed by atoms with Crippen LogP contribution < -0.4 is 0 Å². The van der Waals surface area contributed by atoms with E-state index in [1.54, 1.807) is 18.9 Å². The number of rotatable bonds is 4. The first-order valence-electron chi connectivity index (χ1n) is 7.35. The van der Waals surface area contributed by atoms with Crippen LogP contribution in [0.2, 0.25) is 0 Å². The minimum absolute atomic E-state index is 0.0807. The van der Waals surface area contributed by atoms with Crippen LogP contribution in [0.25, 0.3) is 0 Å². The van der Waals surface area contributed by atoms with Gasteiger partial charge in [0.05, 0.1) is 5.92 Å². The summed E-state index contributed by atoms with van der Waals surface area (Å²) < 4.78 is 0. The molecule has 0 bridgehead atoms. The summed E-state index contributed by atoms with van der Waals surface area (Å²) in [6, 6.07) is 0.195. The van der Waals surface area contributed by atoms with Gasteiger partial charge in [0.15, 0.2) is 0 Å². The van der Waals surface area contributed by atoms with Gasteiger partial charge in [-0.15, -0.1) is 0 Å². The molecule has 0 aliphatic heterocycles. The maximum atomic E-state index is 12.3. The molecule has 0 aromatic heterocycles. The van der Waals surface area contributed by atoms with Crippen LogP contribution in [-0.2, 0) is 4.79 Å². The summed E-state index contributed by atoms with van der Waals surface area (Å²) in [7, 11) is 3.50. The van der Waals surface area contributed by atoms with Gasteiger partial charge in [0, 0.05) is 26.7 Å². The average Bonchev–Trinajstić information content (AvgIpc) is 2.36. The number of carbonyl (C=O) groups excluding carboxylic acids is 1. The molecule has 0 aromatic carbocycles. The van der Waals surface area contributed by atoms with Gasteiger partial charge in [-0.2, -0.15) is 0 Å². The predicted molar refractivity (Wildman–Crippen MR) is 78.6 cm³/mol. The quantitative estimate of drug-likeness (QED) is 0.863. The summed E-state index contributed by atoms with van der Waals surface area (Å²) in [5.41, 5.74) is 0.379. The highest BCUT2D eigenvalue weighted by molar-refractivity contribution is 5.76. The lowest BCUT2D eigenvalue weighted by molar-refractivity contribution is -0.141. The number of nitrogens with zero attached hydrogens (tertiary/aromatic N) is 2. The third-order valence-electron chi connectivity index (χ3n) is 4.45. The normalized spacial score (nSPS) is 20.2. The molecule has 0 heterocycles. The van der Waals surface area contributed by atoms with Crippen LogP contribution in [0, 0.1) is 11.3 Å². The van der Waals surface area contributed by atoms with E-state index in [1.165, 1.54) is 4.90 Å². The topological polar surface area (TPSA) is 60.9 Å². The van der Waals surface area contributed by atoms with Crippen LogP contribution in [0.4, 0.5) is 4.79 Å². The summed E-state index contributed by atoms with van der Waals surface area (Å²) in [5, 5.41) is 8.91. The minimum Gasteiger partial charge on any atom is -0.481 e. The van der Waals surface area contributed by atoms with Gasteiger partial charge in [0.1, 0.15) is 0 Å². The van der Waals surface area contributed by atoms with Gasteiger partial charge >= 0.3 is 12.0 Å². The molecule has 5 heteroatoms. The Morgan fingerprint density at radius 3 is 2.20 bits per heavy atom. The van der Waals surface area contributed by atoms with E-state index in [4.69, 9.17) is 5.11 Å². The zero-order valence-electron chi connectivity index (χ0n) is 13.3. The largest absolute Gasteiger partial charge is 0.481 e. The van der Waals surface area contributed by atoms with Crippen molar-refractivity contribution in [2.75, 3.05) is 20.6 Å². The molecule has 1 saturated carbocycles. The second-order valence-corrected chi connectivity index (χ2v) is 6.91. The van der Waals surface area contributed by atoms with Gasteiger partial charge in [0.2, 0.25) is 0 Å². The third kappa shape index (κ3) is 4.39. The van der Waals surface area contributed by atoms with Crippen LogP contribution in [0.5, 0.6) is 0 Å². The lowest BCUT2D eigenvalue weighted by Crippen LogP contribution is -2.47. The van der Waals surface area contributed by atoms with Crippen molar-refractivity contribution in [2.45, 2.75) is 52.5 Å². The molecule has 2 amide bonds. The minimum atomic E-state index is -0.869. The van der Waals surface area contributed by atoms with Crippen molar-refractivity contribution in [1.82, 2.24) is 9.80 Å². The van der Waals surface area contributed by atoms with Gasteiger partial charge in [-0.25, -0.2) is 4.79 Å². The number of carboxylic acids is 1. The molecule has 116 valence electrons. The van der Waals surface area contributed by atoms with Crippen molar-refractivity contribution in [3.8, 4) is 0 Å². The van der Waals surface area contributed by atoms with E-state index >= 15 is 0 Å². The van der Waals surface area contributed by atoms with E-state index < -0.39 is 11.9 Å². The van der Waals surface area contributed by atoms with Crippen molar-refractivity contribution in [2.24, 2.45) is 11.3 Å². The van der Waals surface area contributed by atoms with Crippen LogP contribution in [0.15, 0.2) is 0 Å². The fraction of sp³-hybridized carbons (Fsp3) is 0.867. The summed E-state index contributed by atoms with van der Waals surface area (Å²) in [6.45, 7) is 6.41. The Bertz CT molecular complexity index is 358. The zero-order chi connectivity index (χ0) is 15.5. The average molecular weight is 284 g/mol. The molecule has 5 nitrogen and oxygen atoms in total. The van der Waals surface area contributed by atoms with Crippen LogP contribution in [-0.4, -0.2) is 53.6 Å². The molecule has 1 atom stereocenters. The number of amides is 2. The molecule has 0 aromatic rings. The Hall–Kier alpha value is -1.26. The molecule has 1 unspecified atom stereocenters. The molecule has 0 radical (unpaired) electrons. The van der Waals surface area contributed by atoms with Gasteiger partial charge in [-0.3, -0.25) is 4.79 Å². The van der Waals surface area contributed by atoms with Crippen LogP contribution in [0.1, 0.15) is 46.5 Å². The molecule has 1 N–H and O–H groups in total.